The Morgan fingerprint density at radius 2 is 1.39 bits per heavy atom. The van der Waals surface area contributed by atoms with E-state index in [9.17, 15) is 0 Å². The molecule has 0 bridgehead atoms. The maximum Gasteiger partial charge on any atom is 0.185 e. The standard InChI is InChI=1S/C38H54N2O3Si/c1-29(42-40-36(2,3)24-15-25-37(40,4)5)31-22-20-30(21-23-31)28-41-34-26-35(39-27-34)38(43-44(6,7)8,32-16-11-9-12-17-32)33-18-13-10-14-19-33/h9-14,16-23,29,34-35,39H,15,24-28H2,1-8H3/t29?,34-,35+/m1/s1. The van der Waals surface area contributed by atoms with Crippen LogP contribution in [0, 0.1) is 0 Å². The molecule has 1 N–H and O–H groups in total. The zero-order valence-electron chi connectivity index (χ0n) is 28.2. The van der Waals surface area contributed by atoms with Gasteiger partial charge in [0.15, 0.2) is 8.32 Å². The molecule has 1 unspecified atom stereocenters. The fourth-order valence-electron chi connectivity index (χ4n) is 7.33. The lowest BCUT2D eigenvalue weighted by Gasteiger charge is -2.52. The van der Waals surface area contributed by atoms with Crippen molar-refractivity contribution in [2.45, 2.75) is 121 Å². The van der Waals surface area contributed by atoms with Crippen molar-refractivity contribution < 1.29 is 14.0 Å². The van der Waals surface area contributed by atoms with Gasteiger partial charge < -0.3 is 14.5 Å². The quantitative estimate of drug-likeness (QED) is 0.219. The lowest BCUT2D eigenvalue weighted by Crippen LogP contribution is -2.58. The molecule has 2 aliphatic rings. The van der Waals surface area contributed by atoms with Crippen molar-refractivity contribution in [3.63, 3.8) is 0 Å². The molecule has 3 aromatic carbocycles. The van der Waals surface area contributed by atoms with Gasteiger partial charge in [-0.05, 0) is 102 Å². The highest BCUT2D eigenvalue weighted by atomic mass is 28.4. The number of hydrogen-bond donors (Lipinski definition) is 1. The third kappa shape index (κ3) is 7.38. The molecule has 2 aliphatic heterocycles. The molecule has 238 valence electrons. The molecular weight excluding hydrogens is 561 g/mol. The molecule has 0 radical (unpaired) electrons. The number of nitrogens with one attached hydrogen (secondary N) is 1. The highest BCUT2D eigenvalue weighted by molar-refractivity contribution is 6.69. The number of hydrogen-bond acceptors (Lipinski definition) is 5. The minimum Gasteiger partial charge on any atom is -0.403 e. The van der Waals surface area contributed by atoms with E-state index in [4.69, 9.17) is 14.0 Å². The lowest BCUT2D eigenvalue weighted by molar-refractivity contribution is -0.304. The Kier molecular flexibility index (Phi) is 9.91. The van der Waals surface area contributed by atoms with E-state index >= 15 is 0 Å². The van der Waals surface area contributed by atoms with E-state index in [-0.39, 0.29) is 29.3 Å². The van der Waals surface area contributed by atoms with Crippen molar-refractivity contribution in [1.29, 1.82) is 0 Å². The summed E-state index contributed by atoms with van der Waals surface area (Å²) in [7, 11) is -1.96. The van der Waals surface area contributed by atoms with Gasteiger partial charge in [-0.15, -0.1) is 0 Å². The summed E-state index contributed by atoms with van der Waals surface area (Å²) in [6.07, 6.45) is 4.50. The van der Waals surface area contributed by atoms with Crippen LogP contribution >= 0.6 is 0 Å². The molecule has 2 saturated heterocycles. The third-order valence-corrected chi connectivity index (χ3v) is 10.3. The maximum atomic E-state index is 7.21. The molecule has 44 heavy (non-hydrogen) atoms. The van der Waals surface area contributed by atoms with Gasteiger partial charge in [0.05, 0.1) is 12.7 Å². The van der Waals surface area contributed by atoms with Crippen LogP contribution in [0.4, 0.5) is 0 Å². The second-order valence-electron chi connectivity index (χ2n) is 15.1. The van der Waals surface area contributed by atoms with Gasteiger partial charge in [0.2, 0.25) is 0 Å². The largest absolute Gasteiger partial charge is 0.403 e. The molecule has 3 atom stereocenters. The molecule has 0 amide bonds. The third-order valence-electron chi connectivity index (χ3n) is 9.33. The second-order valence-corrected chi connectivity index (χ2v) is 19.5. The van der Waals surface area contributed by atoms with Crippen LogP contribution in [0.3, 0.4) is 0 Å². The topological polar surface area (TPSA) is 43.0 Å². The molecular formula is C38H54N2O3Si. The molecule has 3 aromatic rings. The Labute approximate surface area is 267 Å². The van der Waals surface area contributed by atoms with Gasteiger partial charge >= 0.3 is 0 Å². The molecule has 0 saturated carbocycles. The van der Waals surface area contributed by atoms with E-state index < -0.39 is 13.9 Å². The monoisotopic (exact) mass is 614 g/mol. The first kappa shape index (κ1) is 33.1. The van der Waals surface area contributed by atoms with Crippen molar-refractivity contribution in [3.05, 3.63) is 107 Å². The summed E-state index contributed by atoms with van der Waals surface area (Å²) in [6.45, 7) is 19.6. The minimum absolute atomic E-state index is 0.0168. The van der Waals surface area contributed by atoms with Gasteiger partial charge in [-0.2, -0.15) is 5.06 Å². The van der Waals surface area contributed by atoms with Crippen LogP contribution in [0.5, 0.6) is 0 Å². The summed E-state index contributed by atoms with van der Waals surface area (Å²) in [4.78, 5) is 6.62. The van der Waals surface area contributed by atoms with Crippen molar-refractivity contribution in [1.82, 2.24) is 10.4 Å². The SMILES string of the molecule is CC(ON1C(C)(C)CCCC1(C)C)c1ccc(CO[C@H]2CN[C@H](C(O[Si](C)(C)C)(c3ccccc3)c3ccccc3)C2)cc1. The highest BCUT2D eigenvalue weighted by Crippen LogP contribution is 2.43. The second kappa shape index (κ2) is 13.2. The van der Waals surface area contributed by atoms with Gasteiger partial charge in [0.25, 0.3) is 0 Å². The van der Waals surface area contributed by atoms with Crippen LogP contribution in [0.25, 0.3) is 0 Å². The number of hydroxylamine groups is 2. The van der Waals surface area contributed by atoms with E-state index in [0.717, 1.165) is 25.8 Å². The zero-order chi connectivity index (χ0) is 31.6. The van der Waals surface area contributed by atoms with Crippen molar-refractivity contribution >= 4 is 8.32 Å². The molecule has 2 fully saturated rings. The summed E-state index contributed by atoms with van der Waals surface area (Å²) in [5.41, 5.74) is 4.21. The molecule has 6 heteroatoms. The van der Waals surface area contributed by atoms with E-state index in [1.807, 2.05) is 0 Å². The Balaban J connectivity index is 1.26. The summed E-state index contributed by atoms with van der Waals surface area (Å²) in [5, 5.41) is 6.09. The van der Waals surface area contributed by atoms with Crippen LogP contribution in [-0.2, 0) is 26.2 Å². The summed E-state index contributed by atoms with van der Waals surface area (Å²) in [6, 6.07) is 30.3. The number of ether oxygens (including phenoxy) is 1. The lowest BCUT2D eigenvalue weighted by atomic mass is 9.79. The maximum absolute atomic E-state index is 7.21. The molecule has 5 nitrogen and oxygen atoms in total. The first-order valence-electron chi connectivity index (χ1n) is 16.5. The average Bonchev–Trinajstić information content (AvgIpc) is 3.47. The minimum atomic E-state index is -1.96. The van der Waals surface area contributed by atoms with Gasteiger partial charge in [-0.3, -0.25) is 4.84 Å². The van der Waals surface area contributed by atoms with Gasteiger partial charge in [-0.25, -0.2) is 0 Å². The van der Waals surface area contributed by atoms with E-state index in [0.29, 0.717) is 6.61 Å². The Bertz CT molecular complexity index is 1280. The van der Waals surface area contributed by atoms with Crippen molar-refractivity contribution in [2.24, 2.45) is 0 Å². The van der Waals surface area contributed by atoms with E-state index in [2.05, 4.69) is 150 Å². The van der Waals surface area contributed by atoms with Crippen LogP contribution in [0.1, 0.15) is 88.7 Å². The molecule has 0 spiro atoms. The normalized spacial score (nSPS) is 23.0. The van der Waals surface area contributed by atoms with Crippen LogP contribution in [-0.4, -0.2) is 43.1 Å². The first-order valence-corrected chi connectivity index (χ1v) is 19.9. The van der Waals surface area contributed by atoms with Gasteiger partial charge in [-0.1, -0.05) is 84.9 Å². The van der Waals surface area contributed by atoms with E-state index in [1.54, 1.807) is 0 Å². The van der Waals surface area contributed by atoms with Crippen LogP contribution in [0.15, 0.2) is 84.9 Å². The summed E-state index contributed by atoms with van der Waals surface area (Å²) in [5.74, 6) is 0. The summed E-state index contributed by atoms with van der Waals surface area (Å²) >= 11 is 0. The molecule has 2 heterocycles. The number of piperidine rings is 1. The predicted octanol–water partition coefficient (Wildman–Crippen LogP) is 8.76. The van der Waals surface area contributed by atoms with Crippen LogP contribution < -0.4 is 5.32 Å². The predicted molar refractivity (Wildman–Crippen MR) is 183 cm³/mol. The first-order chi connectivity index (χ1) is 20.8. The Morgan fingerprint density at radius 3 is 1.91 bits per heavy atom. The van der Waals surface area contributed by atoms with Gasteiger partial charge in [0, 0.05) is 23.7 Å². The van der Waals surface area contributed by atoms with Crippen molar-refractivity contribution in [3.8, 4) is 0 Å². The molecule has 0 aliphatic carbocycles. The highest BCUT2D eigenvalue weighted by Gasteiger charge is 2.49. The zero-order valence-corrected chi connectivity index (χ0v) is 29.2. The number of nitrogens with zero attached hydrogens (tertiary/aromatic N) is 1. The van der Waals surface area contributed by atoms with Crippen molar-refractivity contribution in [2.75, 3.05) is 6.54 Å². The fraction of sp³-hybridized carbons (Fsp3) is 0.526. The Morgan fingerprint density at radius 1 is 0.841 bits per heavy atom. The fourth-order valence-corrected chi connectivity index (χ4v) is 8.68. The number of benzene rings is 3. The number of rotatable bonds is 11. The summed E-state index contributed by atoms with van der Waals surface area (Å²) < 4.78 is 13.8. The molecule has 5 rings (SSSR count). The average molecular weight is 615 g/mol. The van der Waals surface area contributed by atoms with Crippen LogP contribution in [0.2, 0.25) is 19.6 Å². The van der Waals surface area contributed by atoms with Gasteiger partial charge in [0.1, 0.15) is 11.7 Å². The smallest absolute Gasteiger partial charge is 0.185 e. The Hall–Kier alpha value is -2.32. The molecule has 0 aromatic heterocycles. The van der Waals surface area contributed by atoms with E-state index in [1.165, 1.54) is 28.7 Å².